The number of hydrogen-bond acceptors (Lipinski definition) is 4. The Balaban J connectivity index is 4.34. The fraction of sp³-hybridized carbons (Fsp3) is 0.778. The number of rotatable bonds is 6. The Morgan fingerprint density at radius 1 is 1.29 bits per heavy atom. The van der Waals surface area contributed by atoms with Crippen molar-refractivity contribution in [1.82, 2.24) is 5.32 Å². The molecule has 0 saturated carbocycles. The molecule has 0 aromatic rings. The van der Waals surface area contributed by atoms with Gasteiger partial charge >= 0.3 is 13.6 Å². The zero-order valence-corrected chi connectivity index (χ0v) is 10.9. The Hall–Kier alpha value is -0.910. The highest BCUT2D eigenvalue weighted by Gasteiger charge is 2.32. The first-order chi connectivity index (χ1) is 7.68. The Morgan fingerprint density at radius 2 is 1.82 bits per heavy atom. The fourth-order valence-electron chi connectivity index (χ4n) is 1.19. The molecule has 17 heavy (non-hydrogen) atoms. The predicted octanol–water partition coefficient (Wildman–Crippen LogP) is 0.216. The molecule has 7 nitrogen and oxygen atoms in total. The SMILES string of the molecule is COC(=O)CCC(=O)NC(C(C)C)P(=O)(O)O. The van der Waals surface area contributed by atoms with Crippen molar-refractivity contribution >= 4 is 19.5 Å². The van der Waals surface area contributed by atoms with Gasteiger partial charge in [0.1, 0.15) is 5.78 Å². The normalized spacial score (nSPS) is 13.3. The molecule has 1 unspecified atom stereocenters. The van der Waals surface area contributed by atoms with Crippen LogP contribution >= 0.6 is 7.60 Å². The number of ether oxygens (including phenoxy) is 1. The summed E-state index contributed by atoms with van der Waals surface area (Å²) in [5.74, 6) is -2.76. The molecule has 0 saturated heterocycles. The van der Waals surface area contributed by atoms with Gasteiger partial charge in [0.2, 0.25) is 5.91 Å². The average molecular weight is 267 g/mol. The van der Waals surface area contributed by atoms with Crippen molar-refractivity contribution in [2.45, 2.75) is 32.5 Å². The van der Waals surface area contributed by atoms with Crippen molar-refractivity contribution < 1.29 is 28.7 Å². The highest BCUT2D eigenvalue weighted by atomic mass is 31.2. The number of methoxy groups -OCH3 is 1. The number of nitrogens with one attached hydrogen (secondary N) is 1. The van der Waals surface area contributed by atoms with Gasteiger partial charge in [0, 0.05) is 6.42 Å². The second-order valence-corrected chi connectivity index (χ2v) is 5.66. The van der Waals surface area contributed by atoms with E-state index in [-0.39, 0.29) is 12.8 Å². The molecule has 0 fully saturated rings. The number of amides is 1. The second-order valence-electron chi connectivity index (χ2n) is 3.92. The number of carbonyl (C=O) groups excluding carboxylic acids is 2. The molecule has 0 spiro atoms. The molecule has 0 aromatic carbocycles. The van der Waals surface area contributed by atoms with Crippen LogP contribution in [0.1, 0.15) is 26.7 Å². The van der Waals surface area contributed by atoms with Crippen LogP contribution in [-0.4, -0.2) is 34.6 Å². The van der Waals surface area contributed by atoms with Crippen LogP contribution in [0.25, 0.3) is 0 Å². The highest BCUT2D eigenvalue weighted by molar-refractivity contribution is 7.52. The second kappa shape index (κ2) is 6.74. The molecule has 0 aliphatic carbocycles. The van der Waals surface area contributed by atoms with Crippen LogP contribution < -0.4 is 5.32 Å². The monoisotopic (exact) mass is 267 g/mol. The molecular formula is C9H18NO6P. The highest BCUT2D eigenvalue weighted by Crippen LogP contribution is 2.43. The predicted molar refractivity (Wildman–Crippen MR) is 60.1 cm³/mol. The quantitative estimate of drug-likeness (QED) is 0.468. The van der Waals surface area contributed by atoms with Gasteiger partial charge in [0.15, 0.2) is 0 Å². The largest absolute Gasteiger partial charge is 0.469 e. The molecule has 8 heteroatoms. The lowest BCUT2D eigenvalue weighted by molar-refractivity contribution is -0.142. The summed E-state index contributed by atoms with van der Waals surface area (Å²) in [5, 5.41) is 2.23. The van der Waals surface area contributed by atoms with Gasteiger partial charge in [-0.05, 0) is 5.92 Å². The molecule has 0 aliphatic heterocycles. The van der Waals surface area contributed by atoms with E-state index in [2.05, 4.69) is 10.1 Å². The number of hydrogen-bond donors (Lipinski definition) is 3. The van der Waals surface area contributed by atoms with Crippen LogP contribution in [0, 0.1) is 5.92 Å². The lowest BCUT2D eigenvalue weighted by atomic mass is 10.2. The molecule has 3 N–H and O–H groups in total. The van der Waals surface area contributed by atoms with Crippen molar-refractivity contribution in [1.29, 1.82) is 0 Å². The minimum atomic E-state index is -4.39. The molecule has 0 heterocycles. The van der Waals surface area contributed by atoms with Gasteiger partial charge in [-0.1, -0.05) is 13.8 Å². The van der Waals surface area contributed by atoms with Crippen molar-refractivity contribution in [3.05, 3.63) is 0 Å². The van der Waals surface area contributed by atoms with Crippen molar-refractivity contribution in [2.75, 3.05) is 7.11 Å². The van der Waals surface area contributed by atoms with Crippen LogP contribution in [0.5, 0.6) is 0 Å². The molecule has 100 valence electrons. The third-order valence-electron chi connectivity index (χ3n) is 2.09. The zero-order chi connectivity index (χ0) is 13.6. The Morgan fingerprint density at radius 3 is 2.18 bits per heavy atom. The Kier molecular flexibility index (Phi) is 6.37. The van der Waals surface area contributed by atoms with Gasteiger partial charge in [0.25, 0.3) is 0 Å². The first kappa shape index (κ1) is 16.1. The van der Waals surface area contributed by atoms with Gasteiger partial charge in [-0.15, -0.1) is 0 Å². The van der Waals surface area contributed by atoms with E-state index < -0.39 is 31.2 Å². The number of esters is 1. The summed E-state index contributed by atoms with van der Waals surface area (Å²) in [6.45, 7) is 3.18. The van der Waals surface area contributed by atoms with Gasteiger partial charge in [-0.25, -0.2) is 0 Å². The van der Waals surface area contributed by atoms with Crippen molar-refractivity contribution in [2.24, 2.45) is 5.92 Å². The molecule has 0 radical (unpaired) electrons. The standard InChI is InChI=1S/C9H18NO6P/c1-6(2)9(17(13,14)15)10-7(11)4-5-8(12)16-3/h6,9H,4-5H2,1-3H3,(H,10,11)(H2,13,14,15). The van der Waals surface area contributed by atoms with E-state index in [1.165, 1.54) is 7.11 Å². The molecular weight excluding hydrogens is 249 g/mol. The zero-order valence-electron chi connectivity index (χ0n) is 10.0. The van der Waals surface area contributed by atoms with E-state index in [0.29, 0.717) is 0 Å². The Labute approximate surface area is 99.7 Å². The molecule has 0 bridgehead atoms. The van der Waals surface area contributed by atoms with Crippen LogP contribution in [0.2, 0.25) is 0 Å². The minimum absolute atomic E-state index is 0.117. The third-order valence-corrected chi connectivity index (χ3v) is 3.54. The Bertz CT molecular complexity index is 323. The maximum atomic E-state index is 11.4. The van der Waals surface area contributed by atoms with E-state index in [1.54, 1.807) is 13.8 Å². The summed E-state index contributed by atoms with van der Waals surface area (Å²) < 4.78 is 15.4. The summed E-state index contributed by atoms with van der Waals surface area (Å²) >= 11 is 0. The van der Waals surface area contributed by atoms with E-state index in [0.717, 1.165) is 0 Å². The minimum Gasteiger partial charge on any atom is -0.469 e. The van der Waals surface area contributed by atoms with Crippen LogP contribution in [0.4, 0.5) is 0 Å². The lowest BCUT2D eigenvalue weighted by Gasteiger charge is -2.23. The summed E-state index contributed by atoms with van der Waals surface area (Å²) in [6.07, 6.45) is -0.274. The van der Waals surface area contributed by atoms with E-state index in [9.17, 15) is 14.2 Å². The van der Waals surface area contributed by atoms with Gasteiger partial charge in [0.05, 0.1) is 13.5 Å². The van der Waals surface area contributed by atoms with E-state index >= 15 is 0 Å². The smallest absolute Gasteiger partial charge is 0.347 e. The summed E-state index contributed by atoms with van der Waals surface area (Å²) in [4.78, 5) is 40.2. The van der Waals surface area contributed by atoms with Crippen LogP contribution in [0.15, 0.2) is 0 Å². The van der Waals surface area contributed by atoms with Crippen LogP contribution in [0.3, 0.4) is 0 Å². The van der Waals surface area contributed by atoms with Gasteiger partial charge in [-0.3, -0.25) is 14.2 Å². The summed E-state index contributed by atoms with van der Waals surface area (Å²) in [7, 11) is -3.19. The molecule has 0 aromatic heterocycles. The van der Waals surface area contributed by atoms with Crippen molar-refractivity contribution in [3.8, 4) is 0 Å². The molecule has 1 atom stereocenters. The third kappa shape index (κ3) is 6.41. The lowest BCUT2D eigenvalue weighted by Crippen LogP contribution is -2.38. The van der Waals surface area contributed by atoms with E-state index in [1.807, 2.05) is 0 Å². The summed E-state index contributed by atoms with van der Waals surface area (Å²) in [5.41, 5.74) is 0. The van der Waals surface area contributed by atoms with E-state index in [4.69, 9.17) is 9.79 Å². The molecule has 0 rings (SSSR count). The average Bonchev–Trinajstić information content (AvgIpc) is 2.20. The first-order valence-corrected chi connectivity index (χ1v) is 6.78. The number of carbonyl (C=O) groups is 2. The topological polar surface area (TPSA) is 113 Å². The molecule has 0 aliphatic rings. The van der Waals surface area contributed by atoms with Crippen molar-refractivity contribution in [3.63, 3.8) is 0 Å². The fourth-order valence-corrected chi connectivity index (χ4v) is 2.28. The first-order valence-electron chi connectivity index (χ1n) is 5.10. The molecule has 1 amide bonds. The van der Waals surface area contributed by atoms with Gasteiger partial charge in [-0.2, -0.15) is 0 Å². The van der Waals surface area contributed by atoms with Crippen LogP contribution in [-0.2, 0) is 18.9 Å². The maximum Gasteiger partial charge on any atom is 0.347 e. The maximum absolute atomic E-state index is 11.4. The summed E-state index contributed by atoms with van der Waals surface area (Å²) in [6, 6.07) is 0. The van der Waals surface area contributed by atoms with Gasteiger partial charge < -0.3 is 19.8 Å².